The van der Waals surface area contributed by atoms with Crippen molar-refractivity contribution in [1.29, 1.82) is 0 Å². The summed E-state index contributed by atoms with van der Waals surface area (Å²) in [6.45, 7) is 3.66. The molecule has 0 aromatic heterocycles. The zero-order valence-corrected chi connectivity index (χ0v) is 16.4. The Morgan fingerprint density at radius 2 is 1.46 bits per heavy atom. The second kappa shape index (κ2) is 8.33. The maximum atomic E-state index is 12.9. The van der Waals surface area contributed by atoms with Gasteiger partial charge >= 0.3 is 0 Å². The molecule has 3 heterocycles. The molecule has 3 aliphatic rings. The van der Waals surface area contributed by atoms with Crippen molar-refractivity contribution in [1.82, 2.24) is 14.7 Å². The molecule has 1 aromatic rings. The molecule has 3 saturated heterocycles. The van der Waals surface area contributed by atoms with E-state index < -0.39 is 0 Å². The average molecular weight is 383 g/mol. The first-order chi connectivity index (χ1) is 13.6. The highest BCUT2D eigenvalue weighted by molar-refractivity contribution is 5.94. The molecule has 150 valence electrons. The van der Waals surface area contributed by atoms with Crippen molar-refractivity contribution in [3.8, 4) is 0 Å². The molecule has 4 rings (SSSR count). The molecule has 0 aliphatic carbocycles. The Kier molecular flexibility index (Phi) is 5.64. The number of amides is 3. The maximum absolute atomic E-state index is 12.9. The van der Waals surface area contributed by atoms with Gasteiger partial charge in [-0.1, -0.05) is 18.2 Å². The van der Waals surface area contributed by atoms with E-state index in [2.05, 4.69) is 0 Å². The van der Waals surface area contributed by atoms with E-state index in [0.717, 1.165) is 51.7 Å². The van der Waals surface area contributed by atoms with Crippen molar-refractivity contribution < 1.29 is 14.4 Å². The Labute approximate surface area is 166 Å². The Balaban J connectivity index is 1.25. The van der Waals surface area contributed by atoms with Gasteiger partial charge in [0.2, 0.25) is 11.8 Å². The van der Waals surface area contributed by atoms with Gasteiger partial charge in [0, 0.05) is 56.7 Å². The van der Waals surface area contributed by atoms with E-state index in [4.69, 9.17) is 0 Å². The molecule has 0 bridgehead atoms. The van der Waals surface area contributed by atoms with E-state index in [1.165, 1.54) is 0 Å². The summed E-state index contributed by atoms with van der Waals surface area (Å²) in [4.78, 5) is 43.3. The van der Waals surface area contributed by atoms with E-state index in [-0.39, 0.29) is 23.6 Å². The Bertz CT molecular complexity index is 720. The number of carbonyl (C=O) groups excluding carboxylic acids is 3. The average Bonchev–Trinajstić information content (AvgIpc) is 3.19. The highest BCUT2D eigenvalue weighted by Gasteiger charge is 2.35. The van der Waals surface area contributed by atoms with E-state index in [1.54, 1.807) is 0 Å². The third-order valence-electron chi connectivity index (χ3n) is 6.48. The molecule has 0 atom stereocenters. The Hall–Kier alpha value is -2.37. The maximum Gasteiger partial charge on any atom is 0.253 e. The number of rotatable bonds is 3. The molecular formula is C22H29N3O3. The van der Waals surface area contributed by atoms with Gasteiger partial charge in [-0.15, -0.1) is 0 Å². The van der Waals surface area contributed by atoms with Crippen LogP contribution in [0.1, 0.15) is 48.9 Å². The van der Waals surface area contributed by atoms with Crippen LogP contribution in [0.4, 0.5) is 0 Å². The van der Waals surface area contributed by atoms with Gasteiger partial charge in [-0.05, 0) is 44.2 Å². The molecule has 0 spiro atoms. The van der Waals surface area contributed by atoms with Crippen molar-refractivity contribution in [3.63, 3.8) is 0 Å². The molecule has 0 saturated carbocycles. The number of carbonyl (C=O) groups is 3. The molecule has 3 amide bonds. The van der Waals surface area contributed by atoms with Crippen LogP contribution in [0.25, 0.3) is 0 Å². The quantitative estimate of drug-likeness (QED) is 0.804. The molecule has 28 heavy (non-hydrogen) atoms. The fourth-order valence-corrected chi connectivity index (χ4v) is 4.80. The first-order valence-electron chi connectivity index (χ1n) is 10.6. The number of hydrogen-bond acceptors (Lipinski definition) is 3. The van der Waals surface area contributed by atoms with Crippen LogP contribution in [0.15, 0.2) is 30.3 Å². The number of piperidine rings is 2. The summed E-state index contributed by atoms with van der Waals surface area (Å²) in [6.07, 6.45) is 4.91. The molecule has 0 radical (unpaired) electrons. The molecular weight excluding hydrogens is 354 g/mol. The van der Waals surface area contributed by atoms with E-state index >= 15 is 0 Å². The summed E-state index contributed by atoms with van der Waals surface area (Å²) in [6, 6.07) is 9.66. The van der Waals surface area contributed by atoms with Crippen molar-refractivity contribution in [3.05, 3.63) is 35.9 Å². The van der Waals surface area contributed by atoms with Crippen LogP contribution < -0.4 is 0 Å². The lowest BCUT2D eigenvalue weighted by Gasteiger charge is -2.39. The Morgan fingerprint density at radius 3 is 2.07 bits per heavy atom. The van der Waals surface area contributed by atoms with Gasteiger partial charge in [0.1, 0.15) is 0 Å². The molecule has 0 unspecified atom stereocenters. The summed E-state index contributed by atoms with van der Waals surface area (Å²) in [5.41, 5.74) is 0.714. The van der Waals surface area contributed by atoms with Crippen molar-refractivity contribution in [2.24, 2.45) is 5.92 Å². The van der Waals surface area contributed by atoms with Crippen LogP contribution in [0.2, 0.25) is 0 Å². The number of nitrogens with zero attached hydrogens (tertiary/aromatic N) is 3. The SMILES string of the molecule is O=C(c1ccccc1)N1CCC(C(=O)N2CCC(N3CCCC3=O)CC2)CC1. The van der Waals surface area contributed by atoms with Gasteiger partial charge in [-0.25, -0.2) is 0 Å². The van der Waals surface area contributed by atoms with Crippen LogP contribution >= 0.6 is 0 Å². The first kappa shape index (κ1) is 19.0. The standard InChI is InChI=1S/C22H29N3O3/c26-20-7-4-12-25(20)19-10-15-24(16-11-19)22(28)18-8-13-23(14-9-18)21(27)17-5-2-1-3-6-17/h1-3,5-6,18-19H,4,7-16H2. The summed E-state index contributed by atoms with van der Waals surface area (Å²) in [7, 11) is 0. The van der Waals surface area contributed by atoms with E-state index in [0.29, 0.717) is 31.1 Å². The fraction of sp³-hybridized carbons (Fsp3) is 0.591. The lowest BCUT2D eigenvalue weighted by molar-refractivity contribution is -0.139. The summed E-state index contributed by atoms with van der Waals surface area (Å²) in [5.74, 6) is 0.589. The highest BCUT2D eigenvalue weighted by Crippen LogP contribution is 2.26. The minimum atomic E-state index is 0.0183. The van der Waals surface area contributed by atoms with E-state index in [9.17, 15) is 14.4 Å². The van der Waals surface area contributed by atoms with Crippen molar-refractivity contribution in [2.75, 3.05) is 32.7 Å². The normalized spacial score (nSPS) is 22.0. The molecule has 3 fully saturated rings. The second-order valence-electron chi connectivity index (χ2n) is 8.18. The molecule has 6 heteroatoms. The van der Waals surface area contributed by atoms with Crippen molar-refractivity contribution in [2.45, 2.75) is 44.6 Å². The minimum Gasteiger partial charge on any atom is -0.342 e. The molecule has 1 aromatic carbocycles. The van der Waals surface area contributed by atoms with Gasteiger partial charge in [0.25, 0.3) is 5.91 Å². The topological polar surface area (TPSA) is 60.9 Å². The third kappa shape index (κ3) is 3.91. The first-order valence-corrected chi connectivity index (χ1v) is 10.6. The molecule has 6 nitrogen and oxygen atoms in total. The zero-order valence-electron chi connectivity index (χ0n) is 16.4. The Morgan fingerprint density at radius 1 is 0.821 bits per heavy atom. The van der Waals surface area contributed by atoms with Crippen LogP contribution in [0, 0.1) is 5.92 Å². The van der Waals surface area contributed by atoms with Gasteiger partial charge in [0.05, 0.1) is 0 Å². The zero-order chi connectivity index (χ0) is 19.5. The van der Waals surface area contributed by atoms with Crippen LogP contribution in [-0.4, -0.2) is 71.2 Å². The molecule has 3 aliphatic heterocycles. The smallest absolute Gasteiger partial charge is 0.253 e. The highest BCUT2D eigenvalue weighted by atomic mass is 16.2. The summed E-state index contributed by atoms with van der Waals surface area (Å²) >= 11 is 0. The fourth-order valence-electron chi connectivity index (χ4n) is 4.80. The predicted molar refractivity (Wildman–Crippen MR) is 106 cm³/mol. The lowest BCUT2D eigenvalue weighted by Crippen LogP contribution is -2.50. The second-order valence-corrected chi connectivity index (χ2v) is 8.18. The van der Waals surface area contributed by atoms with Gasteiger partial charge in [-0.2, -0.15) is 0 Å². The monoisotopic (exact) mass is 383 g/mol. The summed E-state index contributed by atoms with van der Waals surface area (Å²) in [5, 5.41) is 0. The van der Waals surface area contributed by atoms with Crippen LogP contribution in [0.5, 0.6) is 0 Å². The predicted octanol–water partition coefficient (Wildman–Crippen LogP) is 2.15. The van der Waals surface area contributed by atoms with Crippen LogP contribution in [-0.2, 0) is 9.59 Å². The van der Waals surface area contributed by atoms with E-state index in [1.807, 2.05) is 45.0 Å². The summed E-state index contributed by atoms with van der Waals surface area (Å²) < 4.78 is 0. The van der Waals surface area contributed by atoms with Gasteiger partial charge in [0.15, 0.2) is 0 Å². The van der Waals surface area contributed by atoms with Gasteiger partial charge < -0.3 is 14.7 Å². The van der Waals surface area contributed by atoms with Crippen LogP contribution in [0.3, 0.4) is 0 Å². The van der Waals surface area contributed by atoms with Gasteiger partial charge in [-0.3, -0.25) is 14.4 Å². The number of hydrogen-bond donors (Lipinski definition) is 0. The largest absolute Gasteiger partial charge is 0.342 e. The minimum absolute atomic E-state index is 0.0183. The molecule has 0 N–H and O–H groups in total. The number of benzene rings is 1. The van der Waals surface area contributed by atoms with Crippen molar-refractivity contribution >= 4 is 17.7 Å². The lowest BCUT2D eigenvalue weighted by atomic mass is 9.93. The third-order valence-corrected chi connectivity index (χ3v) is 6.48. The number of likely N-dealkylation sites (tertiary alicyclic amines) is 3.